The van der Waals surface area contributed by atoms with Crippen LogP contribution in [0.25, 0.3) is 0 Å². The first kappa shape index (κ1) is 10.6. The van der Waals surface area contributed by atoms with Gasteiger partial charge in [-0.25, -0.2) is 9.07 Å². The largest absolute Gasteiger partial charge is 0.368 e. The van der Waals surface area contributed by atoms with Crippen molar-refractivity contribution in [2.75, 3.05) is 5.73 Å². The number of nitrogens with two attached hydrogens (primary N) is 1. The third-order valence-electron chi connectivity index (χ3n) is 2.39. The van der Waals surface area contributed by atoms with E-state index in [1.807, 2.05) is 0 Å². The Morgan fingerprint density at radius 3 is 2.50 bits per heavy atom. The van der Waals surface area contributed by atoms with Crippen molar-refractivity contribution < 1.29 is 4.39 Å². The molecule has 1 aromatic carbocycles. The van der Waals surface area contributed by atoms with E-state index in [4.69, 9.17) is 5.73 Å². The van der Waals surface area contributed by atoms with E-state index < -0.39 is 0 Å². The SMILES string of the molecule is Cn1nc(CCc2ccc(F)cc2)nc1N. The number of benzene rings is 1. The number of halogens is 1. The van der Waals surface area contributed by atoms with Crippen LogP contribution in [-0.4, -0.2) is 14.8 Å². The highest BCUT2D eigenvalue weighted by atomic mass is 19.1. The quantitative estimate of drug-likeness (QED) is 0.848. The zero-order valence-electron chi connectivity index (χ0n) is 9.02. The topological polar surface area (TPSA) is 56.7 Å². The van der Waals surface area contributed by atoms with Crippen molar-refractivity contribution in [3.63, 3.8) is 0 Å². The molecule has 4 nitrogen and oxygen atoms in total. The summed E-state index contributed by atoms with van der Waals surface area (Å²) in [7, 11) is 1.75. The summed E-state index contributed by atoms with van der Waals surface area (Å²) in [6.07, 6.45) is 1.49. The molecule has 0 saturated heterocycles. The van der Waals surface area contributed by atoms with Crippen molar-refractivity contribution in [2.45, 2.75) is 12.8 Å². The lowest BCUT2D eigenvalue weighted by atomic mass is 10.1. The lowest BCUT2D eigenvalue weighted by Gasteiger charge is -1.97. The molecule has 16 heavy (non-hydrogen) atoms. The predicted octanol–water partition coefficient (Wildman–Crippen LogP) is 1.32. The number of nitrogens with zero attached hydrogens (tertiary/aromatic N) is 3. The highest BCUT2D eigenvalue weighted by Gasteiger charge is 2.03. The molecule has 2 N–H and O–H groups in total. The van der Waals surface area contributed by atoms with E-state index in [2.05, 4.69) is 10.1 Å². The van der Waals surface area contributed by atoms with Crippen LogP contribution in [-0.2, 0) is 19.9 Å². The maximum atomic E-state index is 12.7. The molecule has 0 saturated carbocycles. The van der Waals surface area contributed by atoms with Gasteiger partial charge in [0.1, 0.15) is 5.82 Å². The summed E-state index contributed by atoms with van der Waals surface area (Å²) < 4.78 is 14.2. The third-order valence-corrected chi connectivity index (χ3v) is 2.39. The second-order valence-electron chi connectivity index (χ2n) is 3.64. The number of nitrogen functional groups attached to an aromatic ring is 1. The van der Waals surface area contributed by atoms with Gasteiger partial charge in [0.05, 0.1) is 0 Å². The minimum absolute atomic E-state index is 0.219. The summed E-state index contributed by atoms with van der Waals surface area (Å²) in [6.45, 7) is 0. The van der Waals surface area contributed by atoms with E-state index in [0.717, 1.165) is 12.0 Å². The Labute approximate surface area is 92.9 Å². The van der Waals surface area contributed by atoms with Gasteiger partial charge in [0.2, 0.25) is 5.95 Å². The van der Waals surface area contributed by atoms with Crippen LogP contribution in [0.3, 0.4) is 0 Å². The highest BCUT2D eigenvalue weighted by Crippen LogP contribution is 2.07. The molecule has 84 valence electrons. The fraction of sp³-hybridized carbons (Fsp3) is 0.273. The molecular formula is C11H13FN4. The van der Waals surface area contributed by atoms with Crippen molar-refractivity contribution in [2.24, 2.45) is 7.05 Å². The monoisotopic (exact) mass is 220 g/mol. The van der Waals surface area contributed by atoms with Gasteiger partial charge in [0, 0.05) is 13.5 Å². The lowest BCUT2D eigenvalue weighted by molar-refractivity contribution is 0.627. The smallest absolute Gasteiger partial charge is 0.218 e. The number of anilines is 1. The molecule has 1 aromatic heterocycles. The maximum absolute atomic E-state index is 12.7. The minimum atomic E-state index is -0.219. The van der Waals surface area contributed by atoms with Gasteiger partial charge in [-0.05, 0) is 24.1 Å². The molecule has 0 spiro atoms. The van der Waals surface area contributed by atoms with Crippen LogP contribution < -0.4 is 5.73 Å². The molecule has 0 atom stereocenters. The van der Waals surface area contributed by atoms with Gasteiger partial charge in [-0.1, -0.05) is 12.1 Å². The Kier molecular flexibility index (Phi) is 2.85. The first-order valence-electron chi connectivity index (χ1n) is 5.05. The summed E-state index contributed by atoms with van der Waals surface area (Å²) in [4.78, 5) is 4.10. The van der Waals surface area contributed by atoms with Crippen LogP contribution in [0.4, 0.5) is 10.3 Å². The normalized spacial score (nSPS) is 10.6. The highest BCUT2D eigenvalue weighted by molar-refractivity contribution is 5.19. The number of rotatable bonds is 3. The molecular weight excluding hydrogens is 207 g/mol. The first-order chi connectivity index (χ1) is 7.65. The molecule has 0 fully saturated rings. The van der Waals surface area contributed by atoms with Gasteiger partial charge in [0.25, 0.3) is 0 Å². The van der Waals surface area contributed by atoms with E-state index in [9.17, 15) is 4.39 Å². The van der Waals surface area contributed by atoms with E-state index in [1.165, 1.54) is 12.1 Å². The minimum Gasteiger partial charge on any atom is -0.368 e. The number of hydrogen-bond acceptors (Lipinski definition) is 3. The zero-order valence-corrected chi connectivity index (χ0v) is 9.02. The molecule has 0 aliphatic carbocycles. The van der Waals surface area contributed by atoms with Gasteiger partial charge in [-0.15, -0.1) is 0 Å². The van der Waals surface area contributed by atoms with Crippen molar-refractivity contribution in [1.82, 2.24) is 14.8 Å². The Morgan fingerprint density at radius 2 is 1.94 bits per heavy atom. The Balaban J connectivity index is 1.99. The van der Waals surface area contributed by atoms with E-state index >= 15 is 0 Å². The third kappa shape index (κ3) is 2.36. The second kappa shape index (κ2) is 4.30. The molecule has 1 heterocycles. The summed E-state index contributed by atoms with van der Waals surface area (Å²) >= 11 is 0. The van der Waals surface area contributed by atoms with Crippen molar-refractivity contribution in [1.29, 1.82) is 0 Å². The Morgan fingerprint density at radius 1 is 1.25 bits per heavy atom. The molecule has 0 aliphatic rings. The van der Waals surface area contributed by atoms with Gasteiger partial charge >= 0.3 is 0 Å². The molecule has 5 heteroatoms. The summed E-state index contributed by atoms with van der Waals surface area (Å²) in [5.74, 6) is 0.905. The van der Waals surface area contributed by atoms with E-state index in [-0.39, 0.29) is 5.82 Å². The number of aromatic nitrogens is 3. The average molecular weight is 220 g/mol. The van der Waals surface area contributed by atoms with Crippen molar-refractivity contribution >= 4 is 5.95 Å². The van der Waals surface area contributed by atoms with Crippen LogP contribution in [0.1, 0.15) is 11.4 Å². The van der Waals surface area contributed by atoms with Crippen molar-refractivity contribution in [3.8, 4) is 0 Å². The molecule has 2 aromatic rings. The van der Waals surface area contributed by atoms with Gasteiger partial charge in [-0.3, -0.25) is 0 Å². The molecule has 2 rings (SSSR count). The second-order valence-corrected chi connectivity index (χ2v) is 3.64. The van der Waals surface area contributed by atoms with Gasteiger partial charge in [0.15, 0.2) is 5.82 Å². The van der Waals surface area contributed by atoms with Crippen LogP contribution in [0.5, 0.6) is 0 Å². The van der Waals surface area contributed by atoms with E-state index in [0.29, 0.717) is 18.2 Å². The van der Waals surface area contributed by atoms with Crippen LogP contribution >= 0.6 is 0 Å². The zero-order chi connectivity index (χ0) is 11.5. The lowest BCUT2D eigenvalue weighted by Crippen LogP contribution is -1.98. The van der Waals surface area contributed by atoms with Crippen LogP contribution in [0.15, 0.2) is 24.3 Å². The fourth-order valence-electron chi connectivity index (χ4n) is 1.46. The average Bonchev–Trinajstić information content (AvgIpc) is 2.58. The summed E-state index contributed by atoms with van der Waals surface area (Å²) in [6, 6.07) is 6.44. The van der Waals surface area contributed by atoms with Gasteiger partial charge < -0.3 is 5.73 Å². The number of hydrogen-bond donors (Lipinski definition) is 1. The molecule has 0 amide bonds. The van der Waals surface area contributed by atoms with Gasteiger partial charge in [-0.2, -0.15) is 10.1 Å². The predicted molar refractivity (Wildman–Crippen MR) is 59.2 cm³/mol. The molecule has 0 unspecified atom stereocenters. The summed E-state index contributed by atoms with van der Waals surface area (Å²) in [5, 5.41) is 4.15. The number of aryl methyl sites for hydroxylation is 3. The van der Waals surface area contributed by atoms with Crippen LogP contribution in [0, 0.1) is 5.82 Å². The maximum Gasteiger partial charge on any atom is 0.218 e. The Bertz CT molecular complexity index is 456. The fourth-order valence-corrected chi connectivity index (χ4v) is 1.46. The van der Waals surface area contributed by atoms with E-state index in [1.54, 1.807) is 23.9 Å². The standard InChI is InChI=1S/C11H13FN4/c1-16-11(13)14-10(15-16)7-4-8-2-5-9(12)6-3-8/h2-3,5-6H,4,7H2,1H3,(H2,13,14,15). The molecule has 0 bridgehead atoms. The molecule has 0 aliphatic heterocycles. The first-order valence-corrected chi connectivity index (χ1v) is 5.05. The van der Waals surface area contributed by atoms with Crippen LogP contribution in [0.2, 0.25) is 0 Å². The Hall–Kier alpha value is -1.91. The summed E-state index contributed by atoms with van der Waals surface area (Å²) in [5.41, 5.74) is 6.63. The molecule has 0 radical (unpaired) electrons. The van der Waals surface area contributed by atoms with Crippen molar-refractivity contribution in [3.05, 3.63) is 41.5 Å².